The summed E-state index contributed by atoms with van der Waals surface area (Å²) in [6.45, 7) is 8.33. The Morgan fingerprint density at radius 1 is 1.38 bits per heavy atom. The van der Waals surface area contributed by atoms with Gasteiger partial charge in [0.05, 0.1) is 11.4 Å². The van der Waals surface area contributed by atoms with Crippen LogP contribution in [0.1, 0.15) is 39.2 Å². The number of carbonyl (C=O) groups is 2. The number of Topliss-reactive ketones (excluding diaryl/α,β-unsaturated/α-hetero) is 1. The molecule has 2 heterocycles. The topological polar surface area (TPSA) is 81.1 Å². The molecule has 0 bridgehead atoms. The molecule has 6 nitrogen and oxygen atoms in total. The van der Waals surface area contributed by atoms with Crippen molar-refractivity contribution in [3.63, 3.8) is 0 Å². The van der Waals surface area contributed by atoms with E-state index in [0.717, 1.165) is 0 Å². The SMILES string of the molecule is C=C(C(=O)CC)/C(F)=C(C)\C(=C/C)c1cc2cnc(NC(=O)C3CC3F)cc2n(C)c1=O. The van der Waals surface area contributed by atoms with Gasteiger partial charge in [-0.15, -0.1) is 0 Å². The number of nitrogens with zero attached hydrogens (tertiary/aromatic N) is 2. The van der Waals surface area contributed by atoms with Crippen LogP contribution >= 0.6 is 0 Å². The number of fused-ring (bicyclic) bond motifs is 1. The van der Waals surface area contributed by atoms with Gasteiger partial charge in [0.2, 0.25) is 5.91 Å². The quantitative estimate of drug-likeness (QED) is 0.510. The van der Waals surface area contributed by atoms with Gasteiger partial charge < -0.3 is 9.88 Å². The Balaban J connectivity index is 2.03. The second-order valence-corrected chi connectivity index (χ2v) is 7.79. The first-order chi connectivity index (χ1) is 15.1. The van der Waals surface area contributed by atoms with Gasteiger partial charge >= 0.3 is 0 Å². The molecule has 2 atom stereocenters. The molecule has 0 spiro atoms. The summed E-state index contributed by atoms with van der Waals surface area (Å²) in [5, 5.41) is 3.16. The van der Waals surface area contributed by atoms with E-state index in [1.165, 1.54) is 23.8 Å². The Kier molecular flexibility index (Phi) is 6.52. The molecule has 1 N–H and O–H groups in total. The summed E-state index contributed by atoms with van der Waals surface area (Å²) in [4.78, 5) is 41.1. The third-order valence-corrected chi connectivity index (χ3v) is 5.64. The molecule has 2 aromatic rings. The molecule has 2 unspecified atom stereocenters. The molecule has 0 aliphatic heterocycles. The minimum atomic E-state index is -1.12. The average Bonchev–Trinajstić information content (AvgIpc) is 3.52. The van der Waals surface area contributed by atoms with E-state index in [2.05, 4.69) is 16.9 Å². The van der Waals surface area contributed by atoms with Crippen LogP contribution < -0.4 is 10.9 Å². The molecule has 1 saturated carbocycles. The van der Waals surface area contributed by atoms with Crippen molar-refractivity contribution in [3.05, 3.63) is 63.9 Å². The van der Waals surface area contributed by atoms with Crippen molar-refractivity contribution in [3.8, 4) is 0 Å². The first-order valence-corrected chi connectivity index (χ1v) is 10.3. The minimum absolute atomic E-state index is 0.125. The van der Waals surface area contributed by atoms with Crippen molar-refractivity contribution in [1.29, 1.82) is 0 Å². The minimum Gasteiger partial charge on any atom is -0.311 e. The van der Waals surface area contributed by atoms with Gasteiger partial charge in [0, 0.05) is 42.3 Å². The summed E-state index contributed by atoms with van der Waals surface area (Å²) >= 11 is 0. The molecule has 32 heavy (non-hydrogen) atoms. The van der Waals surface area contributed by atoms with Gasteiger partial charge in [0.25, 0.3) is 5.56 Å². The number of allylic oxidation sites excluding steroid dienone is 5. The molecule has 1 aliphatic carbocycles. The van der Waals surface area contributed by atoms with Crippen molar-refractivity contribution in [2.24, 2.45) is 13.0 Å². The summed E-state index contributed by atoms with van der Waals surface area (Å²) in [5.41, 5.74) is 0.603. The van der Waals surface area contributed by atoms with E-state index in [1.54, 1.807) is 33.0 Å². The summed E-state index contributed by atoms with van der Waals surface area (Å²) in [6.07, 6.45) is 2.29. The van der Waals surface area contributed by atoms with Crippen LogP contribution in [-0.2, 0) is 16.6 Å². The molecule has 3 rings (SSSR count). The normalized spacial score (nSPS) is 18.9. The van der Waals surface area contributed by atoms with Gasteiger partial charge in [0.15, 0.2) is 5.78 Å². The van der Waals surface area contributed by atoms with Crippen molar-refractivity contribution < 1.29 is 18.4 Å². The van der Waals surface area contributed by atoms with E-state index in [9.17, 15) is 23.2 Å². The fourth-order valence-corrected chi connectivity index (χ4v) is 3.53. The second-order valence-electron chi connectivity index (χ2n) is 7.79. The number of alkyl halides is 1. The molecule has 0 saturated heterocycles. The predicted molar refractivity (Wildman–Crippen MR) is 121 cm³/mol. The van der Waals surface area contributed by atoms with Crippen LogP contribution in [0.3, 0.4) is 0 Å². The lowest BCUT2D eigenvalue weighted by molar-refractivity contribution is -0.117. The fraction of sp³-hybridized carbons (Fsp3) is 0.333. The summed E-state index contributed by atoms with van der Waals surface area (Å²) in [6, 6.07) is 3.12. The molecule has 1 aliphatic rings. The number of amides is 1. The first-order valence-electron chi connectivity index (χ1n) is 10.3. The zero-order chi connectivity index (χ0) is 23.7. The van der Waals surface area contributed by atoms with E-state index in [0.29, 0.717) is 16.5 Å². The Labute approximate surface area is 184 Å². The van der Waals surface area contributed by atoms with Gasteiger partial charge in [-0.25, -0.2) is 13.8 Å². The Morgan fingerprint density at radius 2 is 2.03 bits per heavy atom. The lowest BCUT2D eigenvalue weighted by Crippen LogP contribution is -2.22. The van der Waals surface area contributed by atoms with Crippen molar-refractivity contribution in [2.75, 3.05) is 5.32 Å². The molecule has 0 aromatic carbocycles. The smallest absolute Gasteiger partial charge is 0.258 e. The number of hydrogen-bond donors (Lipinski definition) is 1. The van der Waals surface area contributed by atoms with Gasteiger partial charge in [0.1, 0.15) is 17.8 Å². The number of carbonyl (C=O) groups excluding carboxylic acids is 2. The van der Waals surface area contributed by atoms with Gasteiger partial charge in [-0.1, -0.05) is 19.6 Å². The maximum Gasteiger partial charge on any atom is 0.258 e. The first kappa shape index (κ1) is 23.2. The van der Waals surface area contributed by atoms with Crippen LogP contribution in [0.5, 0.6) is 0 Å². The molecular weight excluding hydrogens is 416 g/mol. The predicted octanol–water partition coefficient (Wildman–Crippen LogP) is 4.41. The average molecular weight is 441 g/mol. The third-order valence-electron chi connectivity index (χ3n) is 5.64. The Morgan fingerprint density at radius 3 is 2.59 bits per heavy atom. The zero-order valence-corrected chi connectivity index (χ0v) is 18.5. The van der Waals surface area contributed by atoms with Crippen LogP contribution in [0.2, 0.25) is 0 Å². The molecular formula is C24H25F2N3O3. The Bertz CT molecular complexity index is 1260. The van der Waals surface area contributed by atoms with Gasteiger partial charge in [-0.3, -0.25) is 14.4 Å². The van der Waals surface area contributed by atoms with E-state index >= 15 is 0 Å². The van der Waals surface area contributed by atoms with E-state index in [-0.39, 0.29) is 40.9 Å². The van der Waals surface area contributed by atoms with Crippen molar-refractivity contribution in [2.45, 2.75) is 39.8 Å². The molecule has 2 aromatic heterocycles. The number of hydrogen-bond acceptors (Lipinski definition) is 4. The highest BCUT2D eigenvalue weighted by Gasteiger charge is 2.43. The highest BCUT2D eigenvalue weighted by Crippen LogP contribution is 2.35. The number of aromatic nitrogens is 2. The van der Waals surface area contributed by atoms with Crippen LogP contribution in [-0.4, -0.2) is 27.4 Å². The number of pyridine rings is 2. The molecule has 168 valence electrons. The number of rotatable bonds is 7. The van der Waals surface area contributed by atoms with Crippen LogP contribution in [0.15, 0.2) is 52.8 Å². The maximum absolute atomic E-state index is 14.9. The maximum atomic E-state index is 14.9. The lowest BCUT2D eigenvalue weighted by Gasteiger charge is -2.14. The van der Waals surface area contributed by atoms with E-state index < -0.39 is 29.6 Å². The summed E-state index contributed by atoms with van der Waals surface area (Å²) in [5.74, 6) is -2.05. The second kappa shape index (κ2) is 8.98. The molecule has 1 fully saturated rings. The monoisotopic (exact) mass is 441 g/mol. The fourth-order valence-electron chi connectivity index (χ4n) is 3.53. The molecule has 8 heteroatoms. The third kappa shape index (κ3) is 4.30. The highest BCUT2D eigenvalue weighted by atomic mass is 19.1. The standard InChI is InChI=1S/C24H25F2N3O3/c1-6-15(12(3)22(26)13(4)20(30)7-2)16-8-14-11-27-21(10-19(14)29(5)24(16)32)28-23(31)17-9-18(17)25/h6,8,10-11,17-18H,4,7,9H2,1-3,5H3,(H,27,28,31)/b15-6+,22-12+. The number of ketones is 1. The van der Waals surface area contributed by atoms with Crippen LogP contribution in [0, 0.1) is 5.92 Å². The largest absolute Gasteiger partial charge is 0.311 e. The van der Waals surface area contributed by atoms with Gasteiger partial charge in [-0.05, 0) is 37.5 Å². The number of aryl methyl sites for hydroxylation is 1. The Hall–Kier alpha value is -3.42. The van der Waals surface area contributed by atoms with Gasteiger partial charge in [-0.2, -0.15) is 0 Å². The highest BCUT2D eigenvalue weighted by molar-refractivity contribution is 6.00. The molecule has 1 amide bonds. The lowest BCUT2D eigenvalue weighted by atomic mass is 9.95. The zero-order valence-electron chi connectivity index (χ0n) is 18.5. The van der Waals surface area contributed by atoms with Crippen molar-refractivity contribution >= 4 is 34.0 Å². The molecule has 0 radical (unpaired) electrons. The number of anilines is 1. The summed E-state index contributed by atoms with van der Waals surface area (Å²) in [7, 11) is 1.56. The van der Waals surface area contributed by atoms with E-state index in [1.807, 2.05) is 0 Å². The van der Waals surface area contributed by atoms with E-state index in [4.69, 9.17) is 0 Å². The summed E-state index contributed by atoms with van der Waals surface area (Å²) < 4.78 is 29.4. The van der Waals surface area contributed by atoms with Crippen LogP contribution in [0.4, 0.5) is 14.6 Å². The van der Waals surface area contributed by atoms with Crippen molar-refractivity contribution in [1.82, 2.24) is 9.55 Å². The number of nitrogens with one attached hydrogen (secondary N) is 1. The number of halogens is 2. The van der Waals surface area contributed by atoms with Crippen LogP contribution in [0.25, 0.3) is 16.5 Å².